The van der Waals surface area contributed by atoms with E-state index in [-0.39, 0.29) is 11.8 Å². The molecule has 0 amide bonds. The van der Waals surface area contributed by atoms with E-state index >= 15 is 0 Å². The predicted octanol–water partition coefficient (Wildman–Crippen LogP) is 2.41. The van der Waals surface area contributed by atoms with E-state index in [1.54, 1.807) is 7.11 Å². The molecule has 1 aliphatic heterocycles. The van der Waals surface area contributed by atoms with Gasteiger partial charge in [0.25, 0.3) is 0 Å². The number of nitrogens with one attached hydrogen (secondary N) is 1. The highest BCUT2D eigenvalue weighted by molar-refractivity contribution is 4.88. The first kappa shape index (κ1) is 13.9. The zero-order valence-corrected chi connectivity index (χ0v) is 11.5. The lowest BCUT2D eigenvalue weighted by atomic mass is 9.94. The van der Waals surface area contributed by atoms with Gasteiger partial charge < -0.3 is 9.47 Å². The van der Waals surface area contributed by atoms with Crippen LogP contribution in [-0.4, -0.2) is 31.6 Å². The van der Waals surface area contributed by atoms with Gasteiger partial charge >= 0.3 is 0 Å². The van der Waals surface area contributed by atoms with Crippen molar-refractivity contribution in [1.82, 2.24) is 5.32 Å². The third-order valence-electron chi connectivity index (χ3n) is 3.72. The summed E-state index contributed by atoms with van der Waals surface area (Å²) in [6.45, 7) is 11.9. The van der Waals surface area contributed by atoms with Crippen molar-refractivity contribution in [1.29, 1.82) is 0 Å². The molecule has 1 rings (SSSR count). The lowest BCUT2D eigenvalue weighted by molar-refractivity contribution is 0.0153. The van der Waals surface area contributed by atoms with Gasteiger partial charge in [0.05, 0.1) is 5.60 Å². The van der Waals surface area contributed by atoms with E-state index < -0.39 is 0 Å². The highest BCUT2D eigenvalue weighted by Crippen LogP contribution is 2.31. The number of methoxy groups -OCH3 is 1. The van der Waals surface area contributed by atoms with Crippen LogP contribution in [0.3, 0.4) is 0 Å². The lowest BCUT2D eigenvalue weighted by Gasteiger charge is -2.22. The van der Waals surface area contributed by atoms with Crippen LogP contribution in [0.15, 0.2) is 0 Å². The molecule has 1 saturated heterocycles. The van der Waals surface area contributed by atoms with Crippen molar-refractivity contribution in [3.05, 3.63) is 0 Å². The third-order valence-corrected chi connectivity index (χ3v) is 3.72. The first-order chi connectivity index (χ1) is 7.37. The van der Waals surface area contributed by atoms with Gasteiger partial charge in [-0.1, -0.05) is 20.8 Å². The van der Waals surface area contributed by atoms with Gasteiger partial charge in [0.1, 0.15) is 12.3 Å². The van der Waals surface area contributed by atoms with Crippen LogP contribution in [0.2, 0.25) is 0 Å². The minimum atomic E-state index is -0.0406. The Morgan fingerprint density at radius 2 is 1.94 bits per heavy atom. The molecule has 3 atom stereocenters. The fourth-order valence-electron chi connectivity index (χ4n) is 1.68. The average molecular weight is 229 g/mol. The molecule has 0 aromatic heterocycles. The van der Waals surface area contributed by atoms with Gasteiger partial charge in [0, 0.05) is 13.7 Å². The third kappa shape index (κ3) is 4.04. The lowest BCUT2D eigenvalue weighted by Crippen LogP contribution is -2.31. The van der Waals surface area contributed by atoms with Gasteiger partial charge in [0.15, 0.2) is 0 Å². The fraction of sp³-hybridized carbons (Fsp3) is 1.00. The van der Waals surface area contributed by atoms with Crippen molar-refractivity contribution in [3.8, 4) is 0 Å². The molecule has 0 saturated carbocycles. The van der Waals surface area contributed by atoms with E-state index in [0.717, 1.165) is 13.0 Å². The largest absolute Gasteiger partial charge is 0.379 e. The molecule has 0 spiro atoms. The highest BCUT2D eigenvalue weighted by atomic mass is 16.6. The maximum atomic E-state index is 5.64. The smallest absolute Gasteiger partial charge is 0.135 e. The van der Waals surface area contributed by atoms with E-state index in [1.165, 1.54) is 0 Å². The Balaban J connectivity index is 2.14. The van der Waals surface area contributed by atoms with Crippen LogP contribution in [-0.2, 0) is 9.47 Å². The van der Waals surface area contributed by atoms with Crippen molar-refractivity contribution in [2.24, 2.45) is 11.8 Å². The minimum Gasteiger partial charge on any atom is -0.379 e. The Bertz CT molecular complexity index is 216. The summed E-state index contributed by atoms with van der Waals surface area (Å²) in [6.07, 6.45) is 1.68. The molecule has 1 aliphatic rings. The van der Waals surface area contributed by atoms with E-state index in [9.17, 15) is 0 Å². The first-order valence-electron chi connectivity index (χ1n) is 6.31. The maximum absolute atomic E-state index is 5.64. The van der Waals surface area contributed by atoms with Crippen LogP contribution >= 0.6 is 0 Å². The van der Waals surface area contributed by atoms with Gasteiger partial charge in [-0.25, -0.2) is 0 Å². The topological polar surface area (TPSA) is 33.8 Å². The molecule has 3 nitrogen and oxygen atoms in total. The summed E-state index contributed by atoms with van der Waals surface area (Å²) in [5, 5.41) is 3.43. The summed E-state index contributed by atoms with van der Waals surface area (Å²) in [6, 6.07) is 0. The van der Waals surface area contributed by atoms with Crippen LogP contribution in [0.25, 0.3) is 0 Å². The van der Waals surface area contributed by atoms with Crippen molar-refractivity contribution in [2.45, 2.75) is 59.0 Å². The molecular weight excluding hydrogens is 202 g/mol. The molecule has 0 aromatic rings. The van der Waals surface area contributed by atoms with Gasteiger partial charge in [0.2, 0.25) is 0 Å². The van der Waals surface area contributed by atoms with Crippen LogP contribution in [0.4, 0.5) is 0 Å². The predicted molar refractivity (Wildman–Crippen MR) is 66.4 cm³/mol. The van der Waals surface area contributed by atoms with Gasteiger partial charge in [-0.2, -0.15) is 0 Å². The normalized spacial score (nSPS) is 27.2. The average Bonchev–Trinajstić information content (AvgIpc) is 2.96. The molecule has 96 valence electrons. The fourth-order valence-corrected chi connectivity index (χ4v) is 1.68. The second-order valence-electron chi connectivity index (χ2n) is 5.79. The van der Waals surface area contributed by atoms with E-state index in [1.807, 2.05) is 0 Å². The Hall–Kier alpha value is -0.120. The summed E-state index contributed by atoms with van der Waals surface area (Å²) in [7, 11) is 1.76. The van der Waals surface area contributed by atoms with Crippen molar-refractivity contribution < 1.29 is 9.47 Å². The summed E-state index contributed by atoms with van der Waals surface area (Å²) < 4.78 is 11.0. The second-order valence-corrected chi connectivity index (χ2v) is 5.79. The monoisotopic (exact) mass is 229 g/mol. The van der Waals surface area contributed by atoms with Crippen LogP contribution in [0.5, 0.6) is 0 Å². The maximum Gasteiger partial charge on any atom is 0.135 e. The second kappa shape index (κ2) is 5.48. The number of hydrogen-bond donors (Lipinski definition) is 1. The standard InChI is InChI=1S/C13H27NO2/c1-9(2)10(3)11-12(16-11)14-8-7-13(4,5)15-6/h9-12,14H,7-8H2,1-6H3. The summed E-state index contributed by atoms with van der Waals surface area (Å²) in [5.74, 6) is 1.32. The highest BCUT2D eigenvalue weighted by Gasteiger charge is 2.43. The Kier molecular flexibility index (Phi) is 4.77. The van der Waals surface area contributed by atoms with E-state index in [4.69, 9.17) is 9.47 Å². The molecule has 0 radical (unpaired) electrons. The molecule has 3 heteroatoms. The van der Waals surface area contributed by atoms with Crippen molar-refractivity contribution >= 4 is 0 Å². The van der Waals surface area contributed by atoms with Crippen LogP contribution in [0, 0.1) is 11.8 Å². The van der Waals surface area contributed by atoms with E-state index in [2.05, 4.69) is 39.9 Å². The summed E-state index contributed by atoms with van der Waals surface area (Å²) in [4.78, 5) is 0. The van der Waals surface area contributed by atoms with Crippen molar-refractivity contribution in [3.63, 3.8) is 0 Å². The number of epoxide rings is 1. The van der Waals surface area contributed by atoms with E-state index in [0.29, 0.717) is 17.9 Å². The molecule has 0 aliphatic carbocycles. The van der Waals surface area contributed by atoms with Crippen LogP contribution in [0.1, 0.15) is 41.0 Å². The number of rotatable bonds is 7. The molecule has 1 fully saturated rings. The molecule has 1 N–H and O–H groups in total. The quantitative estimate of drug-likeness (QED) is 0.681. The Morgan fingerprint density at radius 1 is 1.31 bits per heavy atom. The first-order valence-corrected chi connectivity index (χ1v) is 6.31. The molecule has 0 aromatic carbocycles. The molecule has 1 heterocycles. The molecular formula is C13H27NO2. The summed E-state index contributed by atoms with van der Waals surface area (Å²) >= 11 is 0. The Morgan fingerprint density at radius 3 is 2.44 bits per heavy atom. The minimum absolute atomic E-state index is 0.0406. The molecule has 16 heavy (non-hydrogen) atoms. The van der Waals surface area contributed by atoms with Gasteiger partial charge in [-0.05, 0) is 32.1 Å². The number of ether oxygens (including phenoxy) is 2. The zero-order valence-electron chi connectivity index (χ0n) is 11.5. The van der Waals surface area contributed by atoms with Crippen molar-refractivity contribution in [2.75, 3.05) is 13.7 Å². The number of hydrogen-bond acceptors (Lipinski definition) is 3. The SMILES string of the molecule is COC(C)(C)CCNC1OC1C(C)C(C)C. The van der Waals surface area contributed by atoms with Gasteiger partial charge in [-0.3, -0.25) is 5.32 Å². The zero-order chi connectivity index (χ0) is 12.3. The molecule has 0 bridgehead atoms. The van der Waals surface area contributed by atoms with Gasteiger partial charge in [-0.15, -0.1) is 0 Å². The van der Waals surface area contributed by atoms with Crippen LogP contribution < -0.4 is 5.32 Å². The Labute approximate surface area is 99.9 Å². The summed E-state index contributed by atoms with van der Waals surface area (Å²) in [5.41, 5.74) is -0.0406. The molecule has 3 unspecified atom stereocenters.